The van der Waals surface area contributed by atoms with Gasteiger partial charge in [0.2, 0.25) is 10.0 Å². The quantitative estimate of drug-likeness (QED) is 0.0753. The van der Waals surface area contributed by atoms with Gasteiger partial charge in [-0.25, -0.2) is 17.9 Å². The largest absolute Gasteiger partial charge is 0.447 e. The van der Waals surface area contributed by atoms with E-state index in [4.69, 9.17) is 65.8 Å². The van der Waals surface area contributed by atoms with E-state index in [1.165, 1.54) is 32.1 Å². The molecule has 0 fully saturated rings. The van der Waals surface area contributed by atoms with Crippen LogP contribution in [-0.4, -0.2) is 158 Å². The van der Waals surface area contributed by atoms with Crippen molar-refractivity contribution in [1.29, 1.82) is 0 Å². The SMILES string of the molecule is CCCCCCCCOCCOCCOCCOCCOCCOC(=O)NCCOCCOCCOCCNS(=O)(=O)c1cccc([C@@H]2CN(C)Cc3c(Cl)cc(Cl)cc32)c1. The number of hydrogen-bond acceptors (Lipinski definition) is 13. The van der Waals surface area contributed by atoms with Crippen molar-refractivity contribution in [1.82, 2.24) is 14.9 Å². The summed E-state index contributed by atoms with van der Waals surface area (Å²) in [5.41, 5.74) is 2.88. The number of unbranched alkanes of at least 4 members (excludes halogenated alkanes) is 5. The number of amides is 1. The number of carbonyl (C=O) groups excluding carboxylic acids is 1. The third-order valence-electron chi connectivity index (χ3n) is 9.45. The van der Waals surface area contributed by atoms with Crippen LogP contribution in [0, 0.1) is 0 Å². The lowest BCUT2D eigenvalue weighted by molar-refractivity contribution is -0.0140. The number of nitrogens with zero attached hydrogens (tertiary/aromatic N) is 1. The van der Waals surface area contributed by atoms with E-state index in [2.05, 4.69) is 21.9 Å². The van der Waals surface area contributed by atoms with Gasteiger partial charge < -0.3 is 52.8 Å². The molecule has 2 N–H and O–H groups in total. The van der Waals surface area contributed by atoms with Crippen LogP contribution >= 0.6 is 23.2 Å². The number of fused-ring (bicyclic) bond motifs is 1. The van der Waals surface area contributed by atoms with E-state index in [1.807, 2.05) is 19.2 Å². The Kier molecular flexibility index (Phi) is 29.1. The summed E-state index contributed by atoms with van der Waals surface area (Å²) in [7, 11) is -1.75. The minimum Gasteiger partial charge on any atom is -0.447 e. The maximum Gasteiger partial charge on any atom is 0.407 e. The Morgan fingerprint density at radius 1 is 0.672 bits per heavy atom. The summed E-state index contributed by atoms with van der Waals surface area (Å²) in [6.07, 6.45) is 7.01. The van der Waals surface area contributed by atoms with Crippen molar-refractivity contribution in [3.05, 3.63) is 63.1 Å². The molecule has 0 aliphatic carbocycles. The van der Waals surface area contributed by atoms with E-state index in [0.717, 1.165) is 29.7 Å². The van der Waals surface area contributed by atoms with Gasteiger partial charge in [0, 0.05) is 48.7 Å². The molecule has 348 valence electrons. The number of ether oxygens (including phenoxy) is 9. The first-order valence-corrected chi connectivity index (χ1v) is 23.7. The van der Waals surface area contributed by atoms with Crippen molar-refractivity contribution in [3.8, 4) is 0 Å². The van der Waals surface area contributed by atoms with E-state index in [0.29, 0.717) is 109 Å². The zero-order valence-corrected chi connectivity index (χ0v) is 38.5. The molecular weight excluding hydrogens is 853 g/mol. The lowest BCUT2D eigenvalue weighted by atomic mass is 9.85. The number of benzene rings is 2. The van der Waals surface area contributed by atoms with Gasteiger partial charge in [0.05, 0.1) is 104 Å². The number of alkyl carbamates (subject to hydrolysis) is 1. The maximum absolute atomic E-state index is 13.1. The number of sulfonamides is 1. The highest BCUT2D eigenvalue weighted by molar-refractivity contribution is 7.89. The van der Waals surface area contributed by atoms with Crippen LogP contribution in [0.15, 0.2) is 41.3 Å². The Bertz CT molecular complexity index is 1580. The monoisotopic (exact) mass is 921 g/mol. The Hall–Kier alpha value is -2.16. The standard InChI is InChI=1S/C43H69Cl2N3O12S/c1-3-4-5-6-7-8-14-52-17-20-55-23-24-57-25-26-58-27-28-59-29-30-60-43(49)46-12-15-53-18-21-56-22-19-54-16-13-47-61(50,51)38-11-9-10-36(31-38)40-34-48(2)35-41-39(40)32-37(44)33-42(41)45/h9-11,31-33,40,47H,3-8,12-30,34-35H2,1-2H3,(H,46,49)/t40-/m0/s1. The number of rotatable bonds is 37. The zero-order valence-electron chi connectivity index (χ0n) is 36.1. The van der Waals surface area contributed by atoms with E-state index in [1.54, 1.807) is 24.3 Å². The lowest BCUT2D eigenvalue weighted by Crippen LogP contribution is -2.31. The van der Waals surface area contributed by atoms with Gasteiger partial charge >= 0.3 is 6.09 Å². The van der Waals surface area contributed by atoms with E-state index < -0.39 is 16.1 Å². The van der Waals surface area contributed by atoms with Crippen molar-refractivity contribution in [2.75, 3.05) is 139 Å². The Morgan fingerprint density at radius 3 is 1.80 bits per heavy atom. The van der Waals surface area contributed by atoms with Gasteiger partial charge in [-0.15, -0.1) is 0 Å². The van der Waals surface area contributed by atoms with Crippen LogP contribution in [0.5, 0.6) is 0 Å². The number of hydrogen-bond donors (Lipinski definition) is 2. The molecule has 0 radical (unpaired) electrons. The number of carbonyl (C=O) groups is 1. The minimum atomic E-state index is -3.76. The molecule has 15 nitrogen and oxygen atoms in total. The Morgan fingerprint density at radius 2 is 1.20 bits per heavy atom. The second-order valence-corrected chi connectivity index (χ2v) is 17.0. The highest BCUT2D eigenvalue weighted by Crippen LogP contribution is 2.38. The first-order chi connectivity index (χ1) is 29.7. The Balaban J connectivity index is 1.05. The van der Waals surface area contributed by atoms with Gasteiger partial charge in [0.15, 0.2) is 0 Å². The molecule has 2 aromatic carbocycles. The van der Waals surface area contributed by atoms with Crippen molar-refractivity contribution in [2.45, 2.75) is 62.8 Å². The summed E-state index contributed by atoms with van der Waals surface area (Å²) in [5, 5.41) is 3.77. The molecule has 0 bridgehead atoms. The second-order valence-electron chi connectivity index (χ2n) is 14.4. The van der Waals surface area contributed by atoms with Gasteiger partial charge in [0.1, 0.15) is 6.61 Å². The predicted octanol–water partition coefficient (Wildman–Crippen LogP) is 6.07. The number of halogens is 2. The fourth-order valence-electron chi connectivity index (χ4n) is 6.34. The first-order valence-electron chi connectivity index (χ1n) is 21.5. The topological polar surface area (TPSA) is 162 Å². The average Bonchev–Trinajstić information content (AvgIpc) is 3.24. The summed E-state index contributed by atoms with van der Waals surface area (Å²) in [6.45, 7) is 10.9. The molecule has 1 heterocycles. The molecule has 0 saturated carbocycles. The molecule has 1 aliphatic heterocycles. The molecule has 0 saturated heterocycles. The van der Waals surface area contributed by atoms with E-state index in [9.17, 15) is 13.2 Å². The molecular formula is C43H69Cl2N3O12S. The van der Waals surface area contributed by atoms with Gasteiger partial charge in [-0.1, -0.05) is 74.4 Å². The molecule has 0 spiro atoms. The first kappa shape index (κ1) is 53.2. The number of nitrogens with one attached hydrogen (secondary N) is 2. The van der Waals surface area contributed by atoms with Gasteiger partial charge in [-0.2, -0.15) is 0 Å². The highest BCUT2D eigenvalue weighted by atomic mass is 35.5. The second kappa shape index (κ2) is 33.4. The molecule has 0 aromatic heterocycles. The van der Waals surface area contributed by atoms with Crippen LogP contribution in [0.4, 0.5) is 4.79 Å². The van der Waals surface area contributed by atoms with Crippen molar-refractivity contribution >= 4 is 39.3 Å². The summed E-state index contributed by atoms with van der Waals surface area (Å²) >= 11 is 12.8. The molecule has 2 aromatic rings. The van der Waals surface area contributed by atoms with Crippen molar-refractivity contribution < 1.29 is 55.8 Å². The normalized spacial score (nSPS) is 14.3. The molecule has 18 heteroatoms. The third kappa shape index (κ3) is 23.9. The van der Waals surface area contributed by atoms with Crippen molar-refractivity contribution in [3.63, 3.8) is 0 Å². The molecule has 61 heavy (non-hydrogen) atoms. The van der Waals surface area contributed by atoms with E-state index in [-0.39, 0.29) is 43.7 Å². The molecule has 0 unspecified atom stereocenters. The summed E-state index contributed by atoms with van der Waals surface area (Å²) in [5.74, 6) is -0.0756. The smallest absolute Gasteiger partial charge is 0.407 e. The van der Waals surface area contributed by atoms with Crippen molar-refractivity contribution in [2.24, 2.45) is 0 Å². The summed E-state index contributed by atoms with van der Waals surface area (Å²) < 4.78 is 77.8. The van der Waals surface area contributed by atoms with Gasteiger partial charge in [-0.3, -0.25) is 0 Å². The summed E-state index contributed by atoms with van der Waals surface area (Å²) in [4.78, 5) is 14.2. The average molecular weight is 923 g/mol. The highest BCUT2D eigenvalue weighted by Gasteiger charge is 2.28. The molecule has 3 rings (SSSR count). The molecule has 1 aliphatic rings. The maximum atomic E-state index is 13.1. The molecule has 1 amide bonds. The van der Waals surface area contributed by atoms with Crippen LogP contribution < -0.4 is 10.0 Å². The van der Waals surface area contributed by atoms with Crippen LogP contribution in [-0.2, 0) is 59.2 Å². The minimum absolute atomic E-state index is 0.0756. The fourth-order valence-corrected chi connectivity index (χ4v) is 7.97. The van der Waals surface area contributed by atoms with Crippen LogP contribution in [0.3, 0.4) is 0 Å². The third-order valence-corrected chi connectivity index (χ3v) is 11.5. The zero-order chi connectivity index (χ0) is 43.8. The van der Waals surface area contributed by atoms with Crippen LogP contribution in [0.1, 0.15) is 68.1 Å². The summed E-state index contributed by atoms with van der Waals surface area (Å²) in [6, 6.07) is 10.6. The van der Waals surface area contributed by atoms with Gasteiger partial charge in [-0.05, 0) is 54.4 Å². The fraction of sp³-hybridized carbons (Fsp3) is 0.698. The predicted molar refractivity (Wildman–Crippen MR) is 236 cm³/mol. The molecule has 1 atom stereocenters. The van der Waals surface area contributed by atoms with E-state index >= 15 is 0 Å². The lowest BCUT2D eigenvalue weighted by Gasteiger charge is -2.33. The Labute approximate surface area is 373 Å². The van der Waals surface area contributed by atoms with Crippen LogP contribution in [0.25, 0.3) is 0 Å². The van der Waals surface area contributed by atoms with Gasteiger partial charge in [0.25, 0.3) is 0 Å². The number of likely N-dealkylation sites (N-methyl/N-ethyl adjacent to an activating group) is 1. The van der Waals surface area contributed by atoms with Crippen LogP contribution in [0.2, 0.25) is 10.0 Å².